The maximum atomic E-state index is 13.8. The first-order chi connectivity index (χ1) is 31.4. The summed E-state index contributed by atoms with van der Waals surface area (Å²) in [5.74, 6) is 2.22. The smallest absolute Gasteiger partial charge is 0.324 e. The molecule has 2 saturated heterocycles. The number of nitrogens with one attached hydrogen (secondary N) is 2. The molecule has 0 saturated carbocycles. The standard InChI is InChI=1S/C51H64N8O7/c1-10-13-45(62)58-19-17-36(28-58)49(64)57(9)46(32(3)4)48(63)54-33(5)38(29-60)21-34-20-37(23-40(61)22-34)35-15-16-44-41(24-35)42(47(59(44)11-2)39-26-52-31-53-27-39)25-51(6,7)30-66-50(65)43-14-12-18-56(8)55-43/h15-16,20,22-24,26-27,29,31-32,36,38,43,46,55,61H,5,11-12,14,17-19,21,25,28,30H2,1-4,6-9H3,(H,54,63)/t36-,38-,43-,46-/m0/s1. The van der Waals surface area contributed by atoms with Gasteiger partial charge in [-0.15, -0.1) is 0 Å². The van der Waals surface area contributed by atoms with E-state index in [-0.39, 0.29) is 60.8 Å². The minimum absolute atomic E-state index is 0.00546. The average Bonchev–Trinajstić information content (AvgIpc) is 3.90. The van der Waals surface area contributed by atoms with Crippen molar-refractivity contribution in [1.29, 1.82) is 0 Å². The number of allylic oxidation sites excluding steroid dienone is 1. The number of likely N-dealkylation sites (tertiary alicyclic amines) is 1. The van der Waals surface area contributed by atoms with Gasteiger partial charge in [0.15, 0.2) is 0 Å². The number of aromatic hydroxyl groups is 1. The Labute approximate surface area is 387 Å². The molecule has 3 N–H and O–H groups in total. The highest BCUT2D eigenvalue weighted by Crippen LogP contribution is 2.40. The molecule has 2 aromatic heterocycles. The third kappa shape index (κ3) is 11.3. The Morgan fingerprint density at radius 2 is 1.82 bits per heavy atom. The minimum Gasteiger partial charge on any atom is -0.508 e. The van der Waals surface area contributed by atoms with Crippen LogP contribution in [0.5, 0.6) is 5.75 Å². The molecule has 2 fully saturated rings. The highest BCUT2D eigenvalue weighted by Gasteiger charge is 2.38. The quantitative estimate of drug-likeness (QED) is 0.0688. The number of esters is 1. The largest absolute Gasteiger partial charge is 0.508 e. The van der Waals surface area contributed by atoms with Gasteiger partial charge in [-0.2, -0.15) is 0 Å². The van der Waals surface area contributed by atoms with Gasteiger partial charge < -0.3 is 34.3 Å². The van der Waals surface area contributed by atoms with Crippen LogP contribution in [0.1, 0.15) is 71.9 Å². The summed E-state index contributed by atoms with van der Waals surface area (Å²) in [6.45, 7) is 18.0. The van der Waals surface area contributed by atoms with E-state index in [4.69, 9.17) is 4.74 Å². The number of hydrogen-bond donors (Lipinski definition) is 3. The number of phenolic OH excluding ortho intramolecular Hbond substituents is 1. The molecule has 6 rings (SSSR count). The normalized spacial score (nSPS) is 17.4. The first kappa shape index (κ1) is 49.1. The maximum Gasteiger partial charge on any atom is 0.324 e. The highest BCUT2D eigenvalue weighted by molar-refractivity contribution is 5.96. The van der Waals surface area contributed by atoms with Gasteiger partial charge in [0.05, 0.1) is 24.1 Å². The summed E-state index contributed by atoms with van der Waals surface area (Å²) in [5, 5.41) is 16.8. The Bertz CT molecular complexity index is 2520. The number of phenols is 1. The second kappa shape index (κ2) is 21.3. The number of carbonyl (C=O) groups is 5. The van der Waals surface area contributed by atoms with E-state index < -0.39 is 29.2 Å². The molecular formula is C51H64N8O7. The van der Waals surface area contributed by atoms with Crippen molar-refractivity contribution < 1.29 is 33.8 Å². The van der Waals surface area contributed by atoms with Crippen molar-refractivity contribution in [3.63, 3.8) is 0 Å². The molecule has 0 spiro atoms. The van der Waals surface area contributed by atoms with Crippen molar-refractivity contribution in [2.24, 2.45) is 23.2 Å². The summed E-state index contributed by atoms with van der Waals surface area (Å²) in [6.07, 6.45) is 8.62. The highest BCUT2D eigenvalue weighted by atomic mass is 16.5. The predicted octanol–water partition coefficient (Wildman–Crippen LogP) is 5.54. The molecule has 4 aromatic rings. The van der Waals surface area contributed by atoms with Crippen LogP contribution in [-0.4, -0.2) is 117 Å². The van der Waals surface area contributed by atoms with Crippen LogP contribution in [0.3, 0.4) is 0 Å². The maximum absolute atomic E-state index is 13.8. The molecule has 4 atom stereocenters. The third-order valence-corrected chi connectivity index (χ3v) is 12.6. The van der Waals surface area contributed by atoms with Crippen molar-refractivity contribution in [1.82, 2.24) is 40.1 Å². The van der Waals surface area contributed by atoms with Gasteiger partial charge in [-0.05, 0) is 104 Å². The summed E-state index contributed by atoms with van der Waals surface area (Å²) in [5.41, 5.74) is 8.99. The Morgan fingerprint density at radius 1 is 1.08 bits per heavy atom. The molecule has 4 heterocycles. The Balaban J connectivity index is 1.23. The number of ether oxygens (including phenoxy) is 1. The fourth-order valence-corrected chi connectivity index (χ4v) is 9.33. The van der Waals surface area contributed by atoms with E-state index in [1.54, 1.807) is 43.4 Å². The van der Waals surface area contributed by atoms with Crippen LogP contribution in [0.2, 0.25) is 0 Å². The molecule has 3 amide bonds. The molecule has 2 aliphatic rings. The number of hydrazine groups is 1. The zero-order chi connectivity index (χ0) is 47.9. The van der Waals surface area contributed by atoms with E-state index in [0.29, 0.717) is 37.9 Å². The lowest BCUT2D eigenvalue weighted by Gasteiger charge is -2.32. The Hall–Kier alpha value is -6.37. The van der Waals surface area contributed by atoms with Crippen molar-refractivity contribution in [2.75, 3.05) is 40.3 Å². The van der Waals surface area contributed by atoms with E-state index >= 15 is 0 Å². The predicted molar refractivity (Wildman–Crippen MR) is 253 cm³/mol. The number of amides is 3. The lowest BCUT2D eigenvalue weighted by Crippen LogP contribution is -2.52. The first-order valence-electron chi connectivity index (χ1n) is 22.8. The van der Waals surface area contributed by atoms with E-state index in [1.165, 1.54) is 11.2 Å². The first-order valence-corrected chi connectivity index (χ1v) is 22.8. The summed E-state index contributed by atoms with van der Waals surface area (Å²) in [7, 11) is 3.51. The molecule has 66 heavy (non-hydrogen) atoms. The van der Waals surface area contributed by atoms with Crippen LogP contribution in [0.25, 0.3) is 33.3 Å². The Morgan fingerprint density at radius 3 is 2.48 bits per heavy atom. The number of aldehydes is 1. The molecule has 0 radical (unpaired) electrons. The van der Waals surface area contributed by atoms with Crippen LogP contribution in [-0.2, 0) is 48.1 Å². The van der Waals surface area contributed by atoms with Gasteiger partial charge in [0, 0.05) is 80.2 Å². The zero-order valence-electron chi connectivity index (χ0n) is 39.5. The summed E-state index contributed by atoms with van der Waals surface area (Å²) >= 11 is 0. The molecule has 2 aliphatic heterocycles. The number of benzene rings is 2. The molecule has 0 aliphatic carbocycles. The van der Waals surface area contributed by atoms with Crippen molar-refractivity contribution >= 4 is 40.9 Å². The molecule has 15 nitrogen and oxygen atoms in total. The van der Waals surface area contributed by atoms with Crippen LogP contribution in [0, 0.1) is 35.0 Å². The van der Waals surface area contributed by atoms with E-state index in [0.717, 1.165) is 58.1 Å². The second-order valence-corrected chi connectivity index (χ2v) is 18.7. The van der Waals surface area contributed by atoms with Gasteiger partial charge in [0.2, 0.25) is 11.8 Å². The van der Waals surface area contributed by atoms with Crippen LogP contribution >= 0.6 is 0 Å². The second-order valence-electron chi connectivity index (χ2n) is 18.7. The van der Waals surface area contributed by atoms with Crippen LogP contribution in [0.15, 0.2) is 67.4 Å². The van der Waals surface area contributed by atoms with Crippen LogP contribution < -0.4 is 10.7 Å². The average molecular weight is 901 g/mol. The van der Waals surface area contributed by atoms with Gasteiger partial charge in [0.25, 0.3) is 5.91 Å². The number of aromatic nitrogens is 3. The third-order valence-electron chi connectivity index (χ3n) is 12.6. The van der Waals surface area contributed by atoms with Gasteiger partial charge in [0.1, 0.15) is 30.4 Å². The lowest BCUT2D eigenvalue weighted by molar-refractivity contribution is -0.152. The molecule has 350 valence electrons. The number of likely N-dealkylation sites (N-methyl/N-ethyl adjacent to an activating group) is 1. The fourth-order valence-electron chi connectivity index (χ4n) is 9.33. The zero-order valence-corrected chi connectivity index (χ0v) is 39.5. The fraction of sp³-hybridized carbons (Fsp3) is 0.471. The van der Waals surface area contributed by atoms with Gasteiger partial charge in [-0.1, -0.05) is 52.3 Å². The summed E-state index contributed by atoms with van der Waals surface area (Å²) in [6, 6.07) is 10.1. The molecule has 2 aromatic carbocycles. The SMILES string of the molecule is C=C(NC(=O)[C@H](C(C)C)N(C)C(=O)[C@H]1CCN(C(=O)C#CC)C1)[C@H](C=O)Cc1cc(O)cc(-c2ccc3c(c2)c(CC(C)(C)COC(=O)[C@@H]2CCCN(C)N2)c(-c2cncnc2)n3CC)c1. The topological polar surface area (TPSA) is 179 Å². The molecule has 0 bridgehead atoms. The van der Waals surface area contributed by atoms with Crippen molar-refractivity contribution in [3.8, 4) is 40.0 Å². The molecule has 0 unspecified atom stereocenters. The Kier molecular flexibility index (Phi) is 15.8. The van der Waals surface area contributed by atoms with Gasteiger partial charge in [-0.25, -0.2) is 20.4 Å². The van der Waals surface area contributed by atoms with Crippen molar-refractivity contribution in [3.05, 3.63) is 78.5 Å². The number of nitrogens with zero attached hydrogens (tertiary/aromatic N) is 6. The molecule has 15 heteroatoms. The van der Waals surface area contributed by atoms with Crippen molar-refractivity contribution in [2.45, 2.75) is 92.3 Å². The number of carbonyl (C=O) groups excluding carboxylic acids is 5. The van der Waals surface area contributed by atoms with Gasteiger partial charge >= 0.3 is 5.97 Å². The monoisotopic (exact) mass is 900 g/mol. The number of aryl methyl sites for hydroxylation is 1. The van der Waals surface area contributed by atoms with Crippen LogP contribution in [0.4, 0.5) is 0 Å². The molecular weight excluding hydrogens is 837 g/mol. The number of rotatable bonds is 17. The van der Waals surface area contributed by atoms with E-state index in [9.17, 15) is 29.1 Å². The number of hydrogen-bond acceptors (Lipinski definition) is 11. The van der Waals surface area contributed by atoms with Gasteiger partial charge in [-0.3, -0.25) is 19.2 Å². The summed E-state index contributed by atoms with van der Waals surface area (Å²) in [4.78, 5) is 77.3. The summed E-state index contributed by atoms with van der Waals surface area (Å²) < 4.78 is 8.20. The van der Waals surface area contributed by atoms with E-state index in [1.807, 2.05) is 38.0 Å². The minimum atomic E-state index is -0.867. The number of fused-ring (bicyclic) bond motifs is 1. The van der Waals surface area contributed by atoms with E-state index in [2.05, 4.69) is 76.6 Å². The lowest BCUT2D eigenvalue weighted by atomic mass is 9.84.